The molecule has 0 aromatic heterocycles. The van der Waals surface area contributed by atoms with Gasteiger partial charge in [0.05, 0.1) is 0 Å². The van der Waals surface area contributed by atoms with E-state index >= 15 is 0 Å². The SMILES string of the molecule is CC(C)(C)OC(=O)N1CCC(SCN)CC1. The van der Waals surface area contributed by atoms with E-state index in [4.69, 9.17) is 10.5 Å². The van der Waals surface area contributed by atoms with Crippen LogP contribution in [-0.4, -0.2) is 40.8 Å². The number of ether oxygens (including phenoxy) is 1. The van der Waals surface area contributed by atoms with E-state index in [1.165, 1.54) is 0 Å². The Morgan fingerprint density at radius 2 is 2.00 bits per heavy atom. The fourth-order valence-corrected chi connectivity index (χ4v) is 2.48. The number of piperidine rings is 1. The second-order valence-electron chi connectivity index (χ2n) is 5.00. The molecule has 0 aromatic rings. The molecule has 16 heavy (non-hydrogen) atoms. The fraction of sp³-hybridized carbons (Fsp3) is 0.909. The third-order valence-corrected chi connectivity index (χ3v) is 3.56. The number of carbonyl (C=O) groups is 1. The number of likely N-dealkylation sites (tertiary alicyclic amines) is 1. The summed E-state index contributed by atoms with van der Waals surface area (Å²) in [6.07, 6.45) is 1.84. The van der Waals surface area contributed by atoms with E-state index in [-0.39, 0.29) is 6.09 Å². The highest BCUT2D eigenvalue weighted by Crippen LogP contribution is 2.23. The van der Waals surface area contributed by atoms with Crippen molar-refractivity contribution in [2.75, 3.05) is 19.0 Å². The van der Waals surface area contributed by atoms with Crippen molar-refractivity contribution < 1.29 is 9.53 Å². The molecule has 0 spiro atoms. The maximum atomic E-state index is 11.8. The van der Waals surface area contributed by atoms with Gasteiger partial charge >= 0.3 is 6.09 Å². The number of hydrogen-bond acceptors (Lipinski definition) is 4. The van der Waals surface area contributed by atoms with E-state index in [1.54, 1.807) is 16.7 Å². The summed E-state index contributed by atoms with van der Waals surface area (Å²) in [4.78, 5) is 13.5. The van der Waals surface area contributed by atoms with Gasteiger partial charge in [-0.05, 0) is 33.6 Å². The molecule has 1 saturated heterocycles. The van der Waals surface area contributed by atoms with Crippen molar-refractivity contribution in [1.29, 1.82) is 0 Å². The largest absolute Gasteiger partial charge is 0.444 e. The number of rotatable bonds is 2. The molecule has 94 valence electrons. The third kappa shape index (κ3) is 4.61. The van der Waals surface area contributed by atoms with Crippen LogP contribution in [0.15, 0.2) is 0 Å². The maximum Gasteiger partial charge on any atom is 0.410 e. The Morgan fingerprint density at radius 1 is 1.44 bits per heavy atom. The molecule has 0 radical (unpaired) electrons. The number of hydrogen-bond donors (Lipinski definition) is 1. The van der Waals surface area contributed by atoms with Gasteiger partial charge < -0.3 is 15.4 Å². The Morgan fingerprint density at radius 3 is 2.44 bits per heavy atom. The number of thioether (sulfide) groups is 1. The Labute approximate surface area is 102 Å². The first-order valence-corrected chi connectivity index (χ1v) is 6.77. The summed E-state index contributed by atoms with van der Waals surface area (Å²) in [5, 5.41) is 0.601. The second-order valence-corrected chi connectivity index (χ2v) is 6.33. The number of nitrogens with zero attached hydrogens (tertiary/aromatic N) is 1. The summed E-state index contributed by atoms with van der Waals surface area (Å²) >= 11 is 1.78. The van der Waals surface area contributed by atoms with Gasteiger partial charge in [0.15, 0.2) is 0 Å². The Kier molecular flexibility index (Phi) is 4.92. The monoisotopic (exact) mass is 246 g/mol. The van der Waals surface area contributed by atoms with Crippen LogP contribution in [0.25, 0.3) is 0 Å². The van der Waals surface area contributed by atoms with Gasteiger partial charge in [-0.1, -0.05) is 0 Å². The van der Waals surface area contributed by atoms with Crippen LogP contribution in [0.4, 0.5) is 4.79 Å². The summed E-state index contributed by atoms with van der Waals surface area (Å²) in [5.74, 6) is 0.664. The van der Waals surface area contributed by atoms with E-state index in [0.29, 0.717) is 11.1 Å². The molecule has 1 amide bonds. The molecule has 0 bridgehead atoms. The zero-order valence-corrected chi connectivity index (χ0v) is 11.2. The first-order valence-electron chi connectivity index (χ1n) is 5.72. The number of nitrogens with two attached hydrogens (primary N) is 1. The Bertz CT molecular complexity index is 233. The predicted molar refractivity (Wildman–Crippen MR) is 67.5 cm³/mol. The highest BCUT2D eigenvalue weighted by atomic mass is 32.2. The molecule has 0 unspecified atom stereocenters. The van der Waals surface area contributed by atoms with Crippen LogP contribution in [0, 0.1) is 0 Å². The lowest BCUT2D eigenvalue weighted by atomic mass is 10.1. The lowest BCUT2D eigenvalue weighted by Crippen LogP contribution is -2.42. The molecular formula is C11H22N2O2S. The topological polar surface area (TPSA) is 55.6 Å². The molecular weight excluding hydrogens is 224 g/mol. The van der Waals surface area contributed by atoms with Crippen molar-refractivity contribution in [2.45, 2.75) is 44.5 Å². The molecule has 0 saturated carbocycles. The Hall–Kier alpha value is -0.420. The predicted octanol–water partition coefficient (Wildman–Crippen LogP) is 2.04. The molecule has 0 aromatic carbocycles. The molecule has 1 aliphatic heterocycles. The fourth-order valence-electron chi connectivity index (χ4n) is 1.67. The summed E-state index contributed by atoms with van der Waals surface area (Å²) in [6.45, 7) is 7.24. The average Bonchev–Trinajstić information content (AvgIpc) is 2.16. The molecule has 1 heterocycles. The van der Waals surface area contributed by atoms with Crippen LogP contribution in [0.2, 0.25) is 0 Å². The van der Waals surface area contributed by atoms with Crippen molar-refractivity contribution in [2.24, 2.45) is 5.73 Å². The van der Waals surface area contributed by atoms with E-state index < -0.39 is 5.60 Å². The molecule has 1 fully saturated rings. The normalized spacial score (nSPS) is 18.6. The number of carbonyl (C=O) groups excluding carboxylic acids is 1. The standard InChI is InChI=1S/C11H22N2O2S/c1-11(2,3)15-10(14)13-6-4-9(5-7-13)16-8-12/h9H,4-8,12H2,1-3H3. The van der Waals surface area contributed by atoms with Gasteiger partial charge in [-0.2, -0.15) is 0 Å². The number of amides is 1. The summed E-state index contributed by atoms with van der Waals surface area (Å²) < 4.78 is 5.33. The van der Waals surface area contributed by atoms with Crippen LogP contribution < -0.4 is 5.73 Å². The van der Waals surface area contributed by atoms with Gasteiger partial charge in [0, 0.05) is 24.2 Å². The Balaban J connectivity index is 2.33. The van der Waals surface area contributed by atoms with Gasteiger partial charge in [0.25, 0.3) is 0 Å². The quantitative estimate of drug-likeness (QED) is 0.758. The van der Waals surface area contributed by atoms with Crippen molar-refractivity contribution in [3.8, 4) is 0 Å². The molecule has 2 N–H and O–H groups in total. The van der Waals surface area contributed by atoms with Gasteiger partial charge in [0.2, 0.25) is 0 Å². The zero-order valence-electron chi connectivity index (χ0n) is 10.4. The van der Waals surface area contributed by atoms with Gasteiger partial charge in [-0.15, -0.1) is 11.8 Å². The average molecular weight is 246 g/mol. The minimum atomic E-state index is -0.403. The van der Waals surface area contributed by atoms with Crippen LogP contribution >= 0.6 is 11.8 Å². The molecule has 1 aliphatic rings. The van der Waals surface area contributed by atoms with Crippen LogP contribution in [0.3, 0.4) is 0 Å². The molecule has 0 aliphatic carbocycles. The third-order valence-electron chi connectivity index (χ3n) is 2.43. The first-order chi connectivity index (χ1) is 7.42. The molecule has 0 atom stereocenters. The molecule has 4 nitrogen and oxygen atoms in total. The summed E-state index contributed by atoms with van der Waals surface area (Å²) in [7, 11) is 0. The van der Waals surface area contributed by atoms with E-state index in [9.17, 15) is 4.79 Å². The second kappa shape index (κ2) is 5.77. The van der Waals surface area contributed by atoms with Crippen LogP contribution in [-0.2, 0) is 4.74 Å². The van der Waals surface area contributed by atoms with Crippen molar-refractivity contribution in [1.82, 2.24) is 4.90 Å². The van der Waals surface area contributed by atoms with Crippen molar-refractivity contribution in [3.63, 3.8) is 0 Å². The minimum Gasteiger partial charge on any atom is -0.444 e. The van der Waals surface area contributed by atoms with Gasteiger partial charge in [0.1, 0.15) is 5.60 Å². The smallest absolute Gasteiger partial charge is 0.410 e. The van der Waals surface area contributed by atoms with E-state index in [2.05, 4.69) is 0 Å². The zero-order chi connectivity index (χ0) is 12.2. The van der Waals surface area contributed by atoms with E-state index in [0.717, 1.165) is 25.9 Å². The summed E-state index contributed by atoms with van der Waals surface area (Å²) in [5.41, 5.74) is 5.09. The maximum absolute atomic E-state index is 11.8. The van der Waals surface area contributed by atoms with Crippen LogP contribution in [0.5, 0.6) is 0 Å². The highest BCUT2D eigenvalue weighted by molar-refractivity contribution is 7.99. The van der Waals surface area contributed by atoms with Crippen molar-refractivity contribution in [3.05, 3.63) is 0 Å². The first kappa shape index (κ1) is 13.6. The molecule has 5 heteroatoms. The van der Waals surface area contributed by atoms with Crippen LogP contribution in [0.1, 0.15) is 33.6 Å². The van der Waals surface area contributed by atoms with Crippen molar-refractivity contribution >= 4 is 17.9 Å². The summed E-state index contributed by atoms with van der Waals surface area (Å²) in [6, 6.07) is 0. The lowest BCUT2D eigenvalue weighted by molar-refractivity contribution is 0.0219. The lowest BCUT2D eigenvalue weighted by Gasteiger charge is -2.33. The highest BCUT2D eigenvalue weighted by Gasteiger charge is 2.26. The molecule has 1 rings (SSSR count). The van der Waals surface area contributed by atoms with E-state index in [1.807, 2.05) is 20.8 Å². The van der Waals surface area contributed by atoms with Gasteiger partial charge in [-0.25, -0.2) is 4.79 Å². The minimum absolute atomic E-state index is 0.191. The van der Waals surface area contributed by atoms with Gasteiger partial charge in [-0.3, -0.25) is 0 Å².